The molecule has 0 heterocycles. The molecule has 0 saturated heterocycles. The SMILES string of the molecule is O=C(NCCOc1ccccc1)c1ccc(Br)c([N+](=O)[O-])c1. The number of halogens is 1. The summed E-state index contributed by atoms with van der Waals surface area (Å²) < 4.78 is 5.78. The van der Waals surface area contributed by atoms with Gasteiger partial charge in [0, 0.05) is 11.6 Å². The van der Waals surface area contributed by atoms with Crippen LogP contribution in [0.2, 0.25) is 0 Å². The Kier molecular flexibility index (Phi) is 5.48. The van der Waals surface area contributed by atoms with Gasteiger partial charge >= 0.3 is 0 Å². The molecule has 0 atom stereocenters. The molecule has 114 valence electrons. The van der Waals surface area contributed by atoms with Crippen LogP contribution >= 0.6 is 15.9 Å². The van der Waals surface area contributed by atoms with Crippen molar-refractivity contribution in [3.05, 3.63) is 68.7 Å². The minimum atomic E-state index is -0.542. The number of nitrogens with one attached hydrogen (secondary N) is 1. The molecular weight excluding hydrogens is 352 g/mol. The number of benzene rings is 2. The highest BCUT2D eigenvalue weighted by molar-refractivity contribution is 9.10. The summed E-state index contributed by atoms with van der Waals surface area (Å²) in [5.74, 6) is 0.336. The van der Waals surface area contributed by atoms with Crippen molar-refractivity contribution >= 4 is 27.5 Å². The molecule has 0 bridgehead atoms. The van der Waals surface area contributed by atoms with Gasteiger partial charge in [-0.15, -0.1) is 0 Å². The van der Waals surface area contributed by atoms with Crippen LogP contribution in [0.5, 0.6) is 5.75 Å². The van der Waals surface area contributed by atoms with Crippen LogP contribution in [-0.4, -0.2) is 24.0 Å². The summed E-state index contributed by atoms with van der Waals surface area (Å²) in [6, 6.07) is 13.5. The number of para-hydroxylation sites is 1. The van der Waals surface area contributed by atoms with E-state index in [1.807, 2.05) is 30.3 Å². The maximum Gasteiger partial charge on any atom is 0.284 e. The molecule has 0 fully saturated rings. The zero-order valence-corrected chi connectivity index (χ0v) is 13.1. The summed E-state index contributed by atoms with van der Waals surface area (Å²) in [6.07, 6.45) is 0. The van der Waals surface area contributed by atoms with Gasteiger partial charge in [-0.2, -0.15) is 0 Å². The molecule has 22 heavy (non-hydrogen) atoms. The Morgan fingerprint density at radius 3 is 2.64 bits per heavy atom. The maximum absolute atomic E-state index is 11.9. The van der Waals surface area contributed by atoms with Gasteiger partial charge in [0.25, 0.3) is 11.6 Å². The highest BCUT2D eigenvalue weighted by atomic mass is 79.9. The van der Waals surface area contributed by atoms with Gasteiger partial charge in [0.2, 0.25) is 0 Å². The minimum absolute atomic E-state index is 0.145. The van der Waals surface area contributed by atoms with Crippen LogP contribution in [0.3, 0.4) is 0 Å². The molecule has 0 aliphatic rings. The smallest absolute Gasteiger partial charge is 0.284 e. The molecule has 2 rings (SSSR count). The third-order valence-corrected chi connectivity index (χ3v) is 3.48. The van der Waals surface area contributed by atoms with E-state index in [1.165, 1.54) is 18.2 Å². The third-order valence-electron chi connectivity index (χ3n) is 2.80. The fourth-order valence-electron chi connectivity index (χ4n) is 1.75. The summed E-state index contributed by atoms with van der Waals surface area (Å²) in [4.78, 5) is 22.2. The van der Waals surface area contributed by atoms with E-state index in [2.05, 4.69) is 21.2 Å². The Morgan fingerprint density at radius 2 is 1.95 bits per heavy atom. The number of rotatable bonds is 6. The second kappa shape index (κ2) is 7.56. The molecule has 0 unspecified atom stereocenters. The Morgan fingerprint density at radius 1 is 1.23 bits per heavy atom. The second-order valence-electron chi connectivity index (χ2n) is 4.34. The van der Waals surface area contributed by atoms with Crippen molar-refractivity contribution in [3.8, 4) is 5.75 Å². The first-order valence-corrected chi connectivity index (χ1v) is 7.27. The lowest BCUT2D eigenvalue weighted by molar-refractivity contribution is -0.385. The molecule has 2 aromatic rings. The van der Waals surface area contributed by atoms with Crippen LogP contribution in [-0.2, 0) is 0 Å². The quantitative estimate of drug-likeness (QED) is 0.484. The standard InChI is InChI=1S/C15H13BrN2O4/c16-13-7-6-11(10-14(13)18(20)21)15(19)17-8-9-22-12-4-2-1-3-5-12/h1-7,10H,8-9H2,(H,17,19). The van der Waals surface area contributed by atoms with Crippen molar-refractivity contribution in [1.29, 1.82) is 0 Å². The zero-order valence-electron chi connectivity index (χ0n) is 11.5. The largest absolute Gasteiger partial charge is 0.492 e. The first-order chi connectivity index (χ1) is 10.6. The lowest BCUT2D eigenvalue weighted by Crippen LogP contribution is -2.28. The molecule has 2 aromatic carbocycles. The molecule has 0 aliphatic carbocycles. The number of ether oxygens (including phenoxy) is 1. The van der Waals surface area contributed by atoms with Gasteiger partial charge < -0.3 is 10.1 Å². The van der Waals surface area contributed by atoms with E-state index in [9.17, 15) is 14.9 Å². The first kappa shape index (κ1) is 16.0. The van der Waals surface area contributed by atoms with Gasteiger partial charge in [0.1, 0.15) is 12.4 Å². The predicted molar refractivity (Wildman–Crippen MR) is 85.1 cm³/mol. The van der Waals surface area contributed by atoms with Crippen molar-refractivity contribution in [2.75, 3.05) is 13.2 Å². The first-order valence-electron chi connectivity index (χ1n) is 6.48. The van der Waals surface area contributed by atoms with Gasteiger partial charge in [-0.05, 0) is 40.2 Å². The molecule has 1 amide bonds. The fraction of sp³-hybridized carbons (Fsp3) is 0.133. The normalized spacial score (nSPS) is 10.0. The van der Waals surface area contributed by atoms with Crippen LogP contribution in [0.25, 0.3) is 0 Å². The van der Waals surface area contributed by atoms with E-state index < -0.39 is 4.92 Å². The molecule has 0 aliphatic heterocycles. The predicted octanol–water partition coefficient (Wildman–Crippen LogP) is 3.17. The van der Waals surface area contributed by atoms with E-state index in [0.717, 1.165) is 5.75 Å². The van der Waals surface area contributed by atoms with Crippen molar-refractivity contribution in [1.82, 2.24) is 5.32 Å². The molecule has 0 aromatic heterocycles. The van der Waals surface area contributed by atoms with Gasteiger partial charge in [-0.1, -0.05) is 18.2 Å². The Labute approximate surface area is 135 Å². The monoisotopic (exact) mass is 364 g/mol. The summed E-state index contributed by atoms with van der Waals surface area (Å²) in [5, 5.41) is 13.5. The number of hydrogen-bond donors (Lipinski definition) is 1. The van der Waals surface area contributed by atoms with E-state index in [-0.39, 0.29) is 17.2 Å². The van der Waals surface area contributed by atoms with Gasteiger partial charge in [-0.3, -0.25) is 14.9 Å². The van der Waals surface area contributed by atoms with Crippen LogP contribution in [0.15, 0.2) is 53.0 Å². The van der Waals surface area contributed by atoms with E-state index in [4.69, 9.17) is 4.74 Å². The van der Waals surface area contributed by atoms with E-state index in [0.29, 0.717) is 17.6 Å². The van der Waals surface area contributed by atoms with Crippen LogP contribution in [0, 0.1) is 10.1 Å². The average molecular weight is 365 g/mol. The van der Waals surface area contributed by atoms with Gasteiger partial charge in [0.05, 0.1) is 15.9 Å². The zero-order chi connectivity index (χ0) is 15.9. The molecule has 0 radical (unpaired) electrons. The summed E-state index contributed by atoms with van der Waals surface area (Å²) in [5.41, 5.74) is 0.0859. The molecule has 6 nitrogen and oxygen atoms in total. The fourth-order valence-corrected chi connectivity index (χ4v) is 2.14. The Hall–Kier alpha value is -2.41. The van der Waals surface area contributed by atoms with E-state index >= 15 is 0 Å². The lowest BCUT2D eigenvalue weighted by atomic mass is 10.2. The number of carbonyl (C=O) groups is 1. The summed E-state index contributed by atoms with van der Waals surface area (Å²) >= 11 is 3.08. The number of carbonyl (C=O) groups excluding carboxylic acids is 1. The highest BCUT2D eigenvalue weighted by Crippen LogP contribution is 2.25. The van der Waals surface area contributed by atoms with Crippen molar-refractivity contribution in [3.63, 3.8) is 0 Å². The van der Waals surface area contributed by atoms with E-state index in [1.54, 1.807) is 0 Å². The van der Waals surface area contributed by atoms with Crippen molar-refractivity contribution < 1.29 is 14.5 Å². The summed E-state index contributed by atoms with van der Waals surface area (Å²) in [7, 11) is 0. The van der Waals surface area contributed by atoms with Crippen molar-refractivity contribution in [2.45, 2.75) is 0 Å². The molecule has 7 heteroatoms. The van der Waals surface area contributed by atoms with Crippen molar-refractivity contribution in [2.24, 2.45) is 0 Å². The lowest BCUT2D eigenvalue weighted by Gasteiger charge is -2.08. The molecular formula is C15H13BrN2O4. The Balaban J connectivity index is 1.87. The number of nitrogens with zero attached hydrogens (tertiary/aromatic N) is 1. The second-order valence-corrected chi connectivity index (χ2v) is 5.20. The van der Waals surface area contributed by atoms with Crippen LogP contribution in [0.4, 0.5) is 5.69 Å². The van der Waals surface area contributed by atoms with Gasteiger partial charge in [-0.25, -0.2) is 0 Å². The van der Waals surface area contributed by atoms with Crippen LogP contribution < -0.4 is 10.1 Å². The number of nitro benzene ring substituents is 1. The average Bonchev–Trinajstić information content (AvgIpc) is 2.52. The topological polar surface area (TPSA) is 81.5 Å². The molecule has 1 N–H and O–H groups in total. The number of nitro groups is 1. The molecule has 0 spiro atoms. The third kappa shape index (κ3) is 4.29. The number of amides is 1. The Bertz CT molecular complexity index is 676. The maximum atomic E-state index is 11.9. The highest BCUT2D eigenvalue weighted by Gasteiger charge is 2.15. The van der Waals surface area contributed by atoms with Gasteiger partial charge in [0.15, 0.2) is 0 Å². The molecule has 0 saturated carbocycles. The van der Waals surface area contributed by atoms with Crippen LogP contribution in [0.1, 0.15) is 10.4 Å². The summed E-state index contributed by atoms with van der Waals surface area (Å²) in [6.45, 7) is 0.617. The minimum Gasteiger partial charge on any atom is -0.492 e. The number of hydrogen-bond acceptors (Lipinski definition) is 4.